The highest BCUT2D eigenvalue weighted by atomic mass is 35.5. The summed E-state index contributed by atoms with van der Waals surface area (Å²) < 4.78 is 6.23. The summed E-state index contributed by atoms with van der Waals surface area (Å²) in [5.41, 5.74) is 1.43. The van der Waals surface area contributed by atoms with Crippen LogP contribution < -0.4 is 10.3 Å². The topological polar surface area (TPSA) is 92.4 Å². The molecule has 1 fully saturated rings. The van der Waals surface area contributed by atoms with Gasteiger partial charge < -0.3 is 14.6 Å². The summed E-state index contributed by atoms with van der Waals surface area (Å²) in [5, 5.41) is 0.511. The zero-order valence-electron chi connectivity index (χ0n) is 17.4. The van der Waals surface area contributed by atoms with E-state index in [1.54, 1.807) is 29.2 Å². The lowest BCUT2D eigenvalue weighted by Gasteiger charge is -2.44. The van der Waals surface area contributed by atoms with Gasteiger partial charge in [-0.2, -0.15) is 0 Å². The Morgan fingerprint density at radius 3 is 2.75 bits per heavy atom. The summed E-state index contributed by atoms with van der Waals surface area (Å²) in [6, 6.07) is 12.4. The van der Waals surface area contributed by atoms with Gasteiger partial charge >= 0.3 is 0 Å². The number of nitrogens with zero attached hydrogens (tertiary/aromatic N) is 2. The number of hydrogen-bond acceptors (Lipinski definition) is 5. The van der Waals surface area contributed by atoms with Crippen LogP contribution in [-0.4, -0.2) is 45.2 Å². The Hall–Kier alpha value is -3.19. The van der Waals surface area contributed by atoms with Crippen LogP contribution in [0.25, 0.3) is 11.0 Å². The highest BCUT2D eigenvalue weighted by Crippen LogP contribution is 2.40. The Bertz CT molecular complexity index is 1280. The molecule has 0 saturated carbocycles. The van der Waals surface area contributed by atoms with E-state index in [-0.39, 0.29) is 30.1 Å². The molecule has 1 spiro atoms. The fraction of sp³-hybridized carbons (Fsp3) is 0.333. The van der Waals surface area contributed by atoms with Crippen molar-refractivity contribution in [3.8, 4) is 5.75 Å². The summed E-state index contributed by atoms with van der Waals surface area (Å²) in [5.74, 6) is 0.561. The van der Waals surface area contributed by atoms with Crippen LogP contribution in [0.5, 0.6) is 5.75 Å². The molecule has 0 radical (unpaired) electrons. The first-order valence-electron chi connectivity index (χ1n) is 10.7. The Morgan fingerprint density at radius 1 is 1.16 bits per heavy atom. The van der Waals surface area contributed by atoms with Crippen LogP contribution in [-0.2, 0) is 11.2 Å². The molecule has 2 aliphatic heterocycles. The first-order chi connectivity index (χ1) is 15.4. The minimum absolute atomic E-state index is 0.0233. The zero-order valence-corrected chi connectivity index (χ0v) is 18.2. The van der Waals surface area contributed by atoms with Crippen LogP contribution in [0.1, 0.15) is 41.7 Å². The Morgan fingerprint density at radius 2 is 1.94 bits per heavy atom. The number of para-hydroxylation sites is 2. The van der Waals surface area contributed by atoms with E-state index in [1.165, 1.54) is 0 Å². The number of halogens is 1. The lowest BCUT2D eigenvalue weighted by atomic mass is 9.82. The average Bonchev–Trinajstić information content (AvgIpc) is 2.78. The molecule has 0 aliphatic carbocycles. The van der Waals surface area contributed by atoms with Gasteiger partial charge in [0, 0.05) is 43.8 Å². The summed E-state index contributed by atoms with van der Waals surface area (Å²) >= 11 is 6.01. The van der Waals surface area contributed by atoms with Crippen molar-refractivity contribution in [1.29, 1.82) is 0 Å². The van der Waals surface area contributed by atoms with Crippen molar-refractivity contribution >= 4 is 34.3 Å². The third kappa shape index (κ3) is 3.88. The number of hydrogen-bond donors (Lipinski definition) is 1. The molecule has 164 valence electrons. The minimum Gasteiger partial charge on any atom is -0.486 e. The number of benzene rings is 2. The third-order valence-corrected chi connectivity index (χ3v) is 6.56. The van der Waals surface area contributed by atoms with Crippen LogP contribution in [0.4, 0.5) is 0 Å². The monoisotopic (exact) mass is 451 g/mol. The number of ketones is 1. The molecular weight excluding hydrogens is 430 g/mol. The summed E-state index contributed by atoms with van der Waals surface area (Å²) in [7, 11) is 0. The molecule has 1 saturated heterocycles. The number of amides is 1. The van der Waals surface area contributed by atoms with Gasteiger partial charge in [0.25, 0.3) is 5.56 Å². The normalized spacial score (nSPS) is 17.3. The number of aromatic nitrogens is 2. The maximum Gasteiger partial charge on any atom is 0.270 e. The van der Waals surface area contributed by atoms with E-state index in [1.807, 2.05) is 18.2 Å². The SMILES string of the molecule is O=C1CC2(CCN(C(=O)CCc3nc4ccccc4[nH]c3=O)CC2)Oc2ccc(Cl)cc21. The van der Waals surface area contributed by atoms with Crippen molar-refractivity contribution in [1.82, 2.24) is 14.9 Å². The van der Waals surface area contributed by atoms with Crippen molar-refractivity contribution in [2.45, 2.75) is 37.7 Å². The smallest absolute Gasteiger partial charge is 0.270 e. The second-order valence-electron chi connectivity index (χ2n) is 8.44. The molecule has 3 heterocycles. The predicted molar refractivity (Wildman–Crippen MR) is 120 cm³/mol. The molecule has 8 heteroatoms. The van der Waals surface area contributed by atoms with Crippen molar-refractivity contribution in [2.24, 2.45) is 0 Å². The maximum atomic E-state index is 12.8. The second kappa shape index (κ2) is 8.06. The standard InChI is InChI=1S/C24H22ClN3O4/c25-15-5-7-21-16(13-15)20(29)14-24(32-21)9-11-28(12-10-24)22(30)8-6-19-23(31)27-18-4-2-1-3-17(18)26-19/h1-5,7,13H,6,8-12,14H2,(H,27,31). The molecule has 2 aromatic carbocycles. The Labute approximate surface area is 189 Å². The van der Waals surface area contributed by atoms with E-state index in [4.69, 9.17) is 16.3 Å². The lowest BCUT2D eigenvalue weighted by molar-refractivity contribution is -0.134. The van der Waals surface area contributed by atoms with Gasteiger partial charge in [-0.25, -0.2) is 4.98 Å². The van der Waals surface area contributed by atoms with Gasteiger partial charge in [0.05, 0.1) is 23.0 Å². The van der Waals surface area contributed by atoms with Crippen LogP contribution in [0.15, 0.2) is 47.3 Å². The predicted octanol–water partition coefficient (Wildman–Crippen LogP) is 3.54. The van der Waals surface area contributed by atoms with Gasteiger partial charge in [0.15, 0.2) is 5.78 Å². The number of ether oxygens (including phenoxy) is 1. The first kappa shape index (κ1) is 20.7. The molecule has 1 aromatic heterocycles. The van der Waals surface area contributed by atoms with E-state index in [0.717, 1.165) is 0 Å². The molecule has 32 heavy (non-hydrogen) atoms. The number of fused-ring (bicyclic) bond motifs is 2. The number of H-pyrrole nitrogens is 1. The second-order valence-corrected chi connectivity index (χ2v) is 8.87. The van der Waals surface area contributed by atoms with Crippen LogP contribution >= 0.6 is 11.6 Å². The number of likely N-dealkylation sites (tertiary alicyclic amines) is 1. The number of piperidine rings is 1. The fourth-order valence-electron chi connectivity index (χ4n) is 4.53. The van der Waals surface area contributed by atoms with Gasteiger partial charge in [-0.3, -0.25) is 14.4 Å². The summed E-state index contributed by atoms with van der Waals surface area (Å²) in [6.07, 6.45) is 1.95. The highest BCUT2D eigenvalue weighted by molar-refractivity contribution is 6.31. The minimum atomic E-state index is -0.578. The molecule has 3 aromatic rings. The van der Waals surface area contributed by atoms with Gasteiger partial charge in [-0.1, -0.05) is 23.7 Å². The van der Waals surface area contributed by atoms with Crippen LogP contribution in [0.3, 0.4) is 0 Å². The molecular formula is C24H22ClN3O4. The van der Waals surface area contributed by atoms with Crippen molar-refractivity contribution in [3.05, 3.63) is 69.1 Å². The molecule has 0 unspecified atom stereocenters. The van der Waals surface area contributed by atoms with Crippen molar-refractivity contribution in [3.63, 3.8) is 0 Å². The quantitative estimate of drug-likeness (QED) is 0.657. The average molecular weight is 452 g/mol. The van der Waals surface area contributed by atoms with E-state index in [2.05, 4.69) is 9.97 Å². The van der Waals surface area contributed by atoms with Gasteiger partial charge in [0.1, 0.15) is 17.0 Å². The number of rotatable bonds is 3. The van der Waals surface area contributed by atoms with E-state index < -0.39 is 5.60 Å². The van der Waals surface area contributed by atoms with Gasteiger partial charge in [-0.05, 0) is 30.3 Å². The largest absolute Gasteiger partial charge is 0.486 e. The number of carbonyl (C=O) groups is 2. The Kier molecular flexibility index (Phi) is 5.21. The number of aryl methyl sites for hydroxylation is 1. The van der Waals surface area contributed by atoms with Crippen LogP contribution in [0, 0.1) is 0 Å². The number of aromatic amines is 1. The fourth-order valence-corrected chi connectivity index (χ4v) is 4.70. The van der Waals surface area contributed by atoms with E-state index >= 15 is 0 Å². The summed E-state index contributed by atoms with van der Waals surface area (Å²) in [6.45, 7) is 1.02. The van der Waals surface area contributed by atoms with E-state index in [9.17, 15) is 14.4 Å². The molecule has 1 amide bonds. The zero-order chi connectivity index (χ0) is 22.3. The molecule has 0 bridgehead atoms. The molecule has 0 atom stereocenters. The summed E-state index contributed by atoms with van der Waals surface area (Å²) in [4.78, 5) is 46.7. The van der Waals surface area contributed by atoms with Crippen molar-refractivity contribution < 1.29 is 14.3 Å². The van der Waals surface area contributed by atoms with E-state index in [0.29, 0.717) is 65.4 Å². The number of Topliss-reactive ketones (excluding diaryl/α,β-unsaturated/α-hetero) is 1. The van der Waals surface area contributed by atoms with Crippen molar-refractivity contribution in [2.75, 3.05) is 13.1 Å². The molecule has 1 N–H and O–H groups in total. The maximum absolute atomic E-state index is 12.8. The van der Waals surface area contributed by atoms with Gasteiger partial charge in [-0.15, -0.1) is 0 Å². The van der Waals surface area contributed by atoms with Crippen LogP contribution in [0.2, 0.25) is 5.02 Å². The highest BCUT2D eigenvalue weighted by Gasteiger charge is 2.43. The number of carbonyl (C=O) groups excluding carboxylic acids is 2. The molecule has 2 aliphatic rings. The molecule has 7 nitrogen and oxygen atoms in total. The van der Waals surface area contributed by atoms with Gasteiger partial charge in [0.2, 0.25) is 5.91 Å². The first-order valence-corrected chi connectivity index (χ1v) is 11.1. The third-order valence-electron chi connectivity index (χ3n) is 6.32. The lowest BCUT2D eigenvalue weighted by Crippen LogP contribution is -2.52. The Balaban J connectivity index is 1.22. The number of nitrogens with one attached hydrogen (secondary N) is 1. The molecule has 5 rings (SSSR count).